The van der Waals surface area contributed by atoms with Crippen molar-refractivity contribution < 1.29 is 66.5 Å². The summed E-state index contributed by atoms with van der Waals surface area (Å²) in [5.41, 5.74) is -1.87. The van der Waals surface area contributed by atoms with E-state index in [1.807, 2.05) is 87.5 Å². The van der Waals surface area contributed by atoms with Crippen molar-refractivity contribution in [2.24, 2.45) is 17.8 Å². The second-order valence-corrected chi connectivity index (χ2v) is 22.0. The van der Waals surface area contributed by atoms with Crippen molar-refractivity contribution >= 4 is 11.8 Å². The van der Waals surface area contributed by atoms with Crippen LogP contribution in [0, 0.1) is 17.8 Å². The van der Waals surface area contributed by atoms with E-state index in [9.17, 15) is 38.1 Å². The number of rotatable bonds is 14. The van der Waals surface area contributed by atoms with Gasteiger partial charge in [-0.25, -0.2) is 0 Å². The fourth-order valence-corrected chi connectivity index (χ4v) is 9.95. The molecule has 0 aliphatic carbocycles. The highest BCUT2D eigenvalue weighted by Crippen LogP contribution is 2.48. The monoisotopic (exact) mass is 979 g/mol. The zero-order chi connectivity index (χ0) is 51.3. The molecule has 5 N–H and O–H groups in total. The second kappa shape index (κ2) is 23.1. The summed E-state index contributed by atoms with van der Waals surface area (Å²) in [5, 5.41) is 36.5. The van der Waals surface area contributed by atoms with Crippen LogP contribution in [0.2, 0.25) is 0 Å². The first kappa shape index (κ1) is 56.7. The van der Waals surface area contributed by atoms with Crippen LogP contribution in [-0.4, -0.2) is 136 Å². The number of aliphatic hydroxyl groups excluding tert-OH is 3. The molecule has 0 aromatic rings. The number of halogens is 3. The van der Waals surface area contributed by atoms with Gasteiger partial charge in [0, 0.05) is 18.9 Å². The summed E-state index contributed by atoms with van der Waals surface area (Å²) in [6, 6.07) is -0.269. The van der Waals surface area contributed by atoms with Crippen molar-refractivity contribution in [2.75, 3.05) is 13.2 Å². The molecule has 16 heteroatoms. The quantitative estimate of drug-likeness (QED) is 0.0664. The number of hydrogen-bond donors (Lipinski definition) is 5. The SMILES string of the molecule is CC(/C=C/[C@H]1OC(C)(C)C[C@@]2(CO2)[C@@H]1O)=C\C[C@@H]1O[C@H](C)[C@H](NC(=O)/C=C\[C@H](C)O)C[C@@H]1C.CC(C)/C=C\C(=O)N[C@@H]1C[C@H](C)[C@H](C/C=C(/C=C/[C@H]2OC(C)(C)C[C@@]3(CO3)[C@@H]2O)C(F)(F)F)O[C@@H]1C. The number of ether oxygens (including phenoxy) is 6. The molecule has 0 bridgehead atoms. The van der Waals surface area contributed by atoms with Gasteiger partial charge in [0.05, 0.1) is 72.6 Å². The van der Waals surface area contributed by atoms with Gasteiger partial charge in [-0.2, -0.15) is 13.2 Å². The standard InChI is InChI=1S/C27H40F3NO5.C26H41NO6/c1-16(2)7-12-23(32)31-20-13-17(3)21(35-18(20)4)10-8-19(27(28,29)30)9-11-22-24(33)26(15-34-26)14-25(5,6)36-22;1-16(8-11-22-24(30)26(15-31-26)14-25(5,6)33-22)7-10-21-17(2)13-20(19(4)32-21)27-23(29)12-9-18(3)28/h7-9,11-12,16-18,20-22,24,33H,10,13-15H2,1-6H3,(H,31,32);7-9,11-12,17-22,24,28,30H,10,13-15H2,1-6H3,(H,27,29)/b11-9+,12-7-,19-8-;11-8+,12-9-,16-7+/t17-,18+,20+,21-,22+,24+,26+;17-,18-,19+,20+,21-,22+,24+,26+/m00/s1. The molecule has 0 radical (unpaired) electrons. The Labute approximate surface area is 408 Å². The molecule has 6 fully saturated rings. The van der Waals surface area contributed by atoms with Gasteiger partial charge in [0.2, 0.25) is 11.8 Å². The molecule has 15 atom stereocenters. The summed E-state index contributed by atoms with van der Waals surface area (Å²) in [5.74, 6) is 0.0812. The van der Waals surface area contributed by atoms with E-state index < -0.39 is 65.2 Å². The highest BCUT2D eigenvalue weighted by atomic mass is 19.4. The fourth-order valence-electron chi connectivity index (χ4n) is 9.95. The summed E-state index contributed by atoms with van der Waals surface area (Å²) in [7, 11) is 0. The third-order valence-corrected chi connectivity index (χ3v) is 13.9. The van der Waals surface area contributed by atoms with E-state index in [0.717, 1.165) is 30.6 Å². The molecule has 2 spiro atoms. The van der Waals surface area contributed by atoms with Gasteiger partial charge in [0.15, 0.2) is 0 Å². The van der Waals surface area contributed by atoms with Crippen LogP contribution in [0.4, 0.5) is 13.2 Å². The number of allylic oxidation sites excluding steroid dienone is 5. The molecule has 6 rings (SSSR count). The first-order valence-corrected chi connectivity index (χ1v) is 24.8. The van der Waals surface area contributed by atoms with Crippen molar-refractivity contribution in [1.29, 1.82) is 0 Å². The predicted octanol–water partition coefficient (Wildman–Crippen LogP) is 7.44. The van der Waals surface area contributed by atoms with E-state index in [1.54, 1.807) is 6.92 Å². The van der Waals surface area contributed by atoms with Gasteiger partial charge < -0.3 is 54.4 Å². The van der Waals surface area contributed by atoms with Crippen LogP contribution in [-0.2, 0) is 38.0 Å². The van der Waals surface area contributed by atoms with Crippen LogP contribution < -0.4 is 10.6 Å². The van der Waals surface area contributed by atoms with Crippen molar-refractivity contribution in [2.45, 2.75) is 217 Å². The van der Waals surface area contributed by atoms with E-state index in [4.69, 9.17) is 28.4 Å². The molecule has 6 aliphatic heterocycles. The predicted molar refractivity (Wildman–Crippen MR) is 257 cm³/mol. The largest absolute Gasteiger partial charge is 0.416 e. The fraction of sp³-hybridized carbons (Fsp3) is 0.736. The van der Waals surface area contributed by atoms with Crippen molar-refractivity contribution in [1.82, 2.24) is 10.6 Å². The Morgan fingerprint density at radius 2 is 1.12 bits per heavy atom. The molecule has 6 heterocycles. The van der Waals surface area contributed by atoms with Gasteiger partial charge in [-0.05, 0) is 105 Å². The summed E-state index contributed by atoms with van der Waals surface area (Å²) < 4.78 is 76.6. The molecule has 0 aromatic heterocycles. The first-order chi connectivity index (χ1) is 32.0. The van der Waals surface area contributed by atoms with E-state index in [-0.39, 0.29) is 72.0 Å². The van der Waals surface area contributed by atoms with Gasteiger partial charge in [-0.3, -0.25) is 9.59 Å². The highest BCUT2D eigenvalue weighted by molar-refractivity contribution is 5.88. The lowest BCUT2D eigenvalue weighted by Gasteiger charge is -2.41. The van der Waals surface area contributed by atoms with Crippen LogP contribution in [0.15, 0.2) is 71.9 Å². The second-order valence-electron chi connectivity index (χ2n) is 22.0. The Morgan fingerprint density at radius 1 is 0.696 bits per heavy atom. The van der Waals surface area contributed by atoms with E-state index in [1.165, 1.54) is 24.3 Å². The van der Waals surface area contributed by atoms with E-state index >= 15 is 0 Å². The van der Waals surface area contributed by atoms with Crippen molar-refractivity contribution in [3.63, 3.8) is 0 Å². The lowest BCUT2D eigenvalue weighted by molar-refractivity contribution is -0.171. The third kappa shape index (κ3) is 16.4. The zero-order valence-corrected chi connectivity index (χ0v) is 42.8. The molecule has 6 saturated heterocycles. The molecule has 2 amide bonds. The third-order valence-electron chi connectivity index (χ3n) is 13.9. The number of alkyl halides is 3. The van der Waals surface area contributed by atoms with E-state index in [0.29, 0.717) is 32.5 Å². The minimum absolute atomic E-state index is 0.0496. The Bertz CT molecular complexity index is 1930. The minimum atomic E-state index is -4.57. The maximum Gasteiger partial charge on any atom is 0.416 e. The summed E-state index contributed by atoms with van der Waals surface area (Å²) in [6.45, 7) is 24.2. The number of nitrogens with one attached hydrogen (secondary N) is 2. The topological polar surface area (TPSA) is 181 Å². The Hall–Kier alpha value is -3.19. The zero-order valence-electron chi connectivity index (χ0n) is 42.8. The lowest BCUT2D eigenvalue weighted by atomic mass is 9.83. The van der Waals surface area contributed by atoms with Crippen LogP contribution in [0.3, 0.4) is 0 Å². The lowest BCUT2D eigenvalue weighted by Crippen LogP contribution is -2.53. The van der Waals surface area contributed by atoms with Gasteiger partial charge >= 0.3 is 6.18 Å². The Morgan fingerprint density at radius 3 is 1.52 bits per heavy atom. The average molecular weight is 979 g/mol. The molecule has 69 heavy (non-hydrogen) atoms. The molecule has 390 valence electrons. The number of amides is 2. The van der Waals surface area contributed by atoms with Crippen LogP contribution in [0.25, 0.3) is 0 Å². The Kier molecular flexibility index (Phi) is 19.0. The van der Waals surface area contributed by atoms with Crippen molar-refractivity contribution in [3.8, 4) is 0 Å². The molecule has 0 saturated carbocycles. The average Bonchev–Trinajstić information content (AvgIpc) is 4.18. The van der Waals surface area contributed by atoms with Gasteiger partial charge in [-0.1, -0.05) is 81.9 Å². The summed E-state index contributed by atoms with van der Waals surface area (Å²) in [6.07, 6.45) is 10.2. The molecule has 0 aromatic carbocycles. The smallest absolute Gasteiger partial charge is 0.389 e. The summed E-state index contributed by atoms with van der Waals surface area (Å²) >= 11 is 0. The van der Waals surface area contributed by atoms with Crippen molar-refractivity contribution in [3.05, 3.63) is 71.9 Å². The normalized spacial score (nSPS) is 38.5. The molecule has 0 unspecified atom stereocenters. The molecular formula is C53H81F3N2O11. The minimum Gasteiger partial charge on any atom is -0.389 e. The number of carbonyl (C=O) groups excluding carboxylic acids is 2. The number of epoxide rings is 2. The van der Waals surface area contributed by atoms with Gasteiger partial charge in [0.1, 0.15) is 35.6 Å². The molecule has 13 nitrogen and oxygen atoms in total. The maximum atomic E-state index is 13.8. The Balaban J connectivity index is 0.000000258. The van der Waals surface area contributed by atoms with Crippen LogP contribution in [0.5, 0.6) is 0 Å². The van der Waals surface area contributed by atoms with Gasteiger partial charge in [-0.15, -0.1) is 0 Å². The number of aliphatic hydroxyl groups is 3. The molecular weight excluding hydrogens is 898 g/mol. The molecule has 6 aliphatic rings. The highest BCUT2D eigenvalue weighted by Gasteiger charge is 2.61. The number of carbonyl (C=O) groups is 2. The maximum absolute atomic E-state index is 13.8. The van der Waals surface area contributed by atoms with E-state index in [2.05, 4.69) is 23.6 Å². The van der Waals surface area contributed by atoms with Gasteiger partial charge in [0.25, 0.3) is 0 Å². The number of hydrogen-bond acceptors (Lipinski definition) is 11. The van der Waals surface area contributed by atoms with Crippen LogP contribution in [0.1, 0.15) is 122 Å². The first-order valence-electron chi connectivity index (χ1n) is 24.8. The summed E-state index contributed by atoms with van der Waals surface area (Å²) in [4.78, 5) is 24.2. The van der Waals surface area contributed by atoms with Crippen LogP contribution >= 0.6 is 0 Å².